The van der Waals surface area contributed by atoms with E-state index in [1.807, 2.05) is 53.4 Å². The summed E-state index contributed by atoms with van der Waals surface area (Å²) >= 11 is 0. The fourth-order valence-corrected chi connectivity index (χ4v) is 8.18. The van der Waals surface area contributed by atoms with Gasteiger partial charge in [0.25, 0.3) is 17.7 Å². The van der Waals surface area contributed by atoms with Crippen LogP contribution in [0.2, 0.25) is 0 Å². The van der Waals surface area contributed by atoms with E-state index < -0.39 is 66.1 Å². The molecular formula is C46H44F2N8O7. The summed E-state index contributed by atoms with van der Waals surface area (Å²) < 4.78 is 49.6. The molecule has 5 aromatic rings. The molecule has 3 aliphatic heterocycles. The average Bonchev–Trinajstić information content (AvgIpc) is 3.53. The predicted molar refractivity (Wildman–Crippen MR) is 224 cm³/mol. The number of nitrogens with zero attached hydrogens (tertiary/aromatic N) is 4. The van der Waals surface area contributed by atoms with Gasteiger partial charge in [-0.3, -0.25) is 23.9 Å². The van der Waals surface area contributed by atoms with Gasteiger partial charge >= 0.3 is 5.76 Å². The molecule has 1 aromatic heterocycles. The number of ether oxygens (including phenoxy) is 2. The summed E-state index contributed by atoms with van der Waals surface area (Å²) in [6.45, 7) is 2.01. The van der Waals surface area contributed by atoms with Gasteiger partial charge in [-0.1, -0.05) is 42.5 Å². The van der Waals surface area contributed by atoms with Crippen LogP contribution in [0.4, 0.5) is 8.78 Å². The molecule has 0 spiro atoms. The highest BCUT2D eigenvalue weighted by atomic mass is 19.1. The fourth-order valence-electron chi connectivity index (χ4n) is 8.18. The monoisotopic (exact) mass is 858 g/mol. The first-order valence-corrected chi connectivity index (χ1v) is 20.7. The molecule has 0 bridgehead atoms. The number of hydrogen-bond acceptors (Lipinski definition) is 11. The number of halogens is 2. The zero-order valence-corrected chi connectivity index (χ0v) is 34.3. The van der Waals surface area contributed by atoms with Crippen LogP contribution in [0.25, 0.3) is 33.4 Å². The summed E-state index contributed by atoms with van der Waals surface area (Å²) in [5, 5.41) is 31.4. The van der Waals surface area contributed by atoms with E-state index in [0.717, 1.165) is 34.4 Å². The summed E-state index contributed by atoms with van der Waals surface area (Å²) in [7, 11) is 1.52. The van der Waals surface area contributed by atoms with Crippen molar-refractivity contribution in [2.45, 2.75) is 62.7 Å². The third kappa shape index (κ3) is 9.52. The van der Waals surface area contributed by atoms with Crippen molar-refractivity contribution in [1.29, 1.82) is 10.5 Å². The first-order valence-electron chi connectivity index (χ1n) is 20.7. The van der Waals surface area contributed by atoms with Gasteiger partial charge in [0, 0.05) is 63.8 Å². The molecule has 4 heterocycles. The number of fused-ring (bicyclic) bond motifs is 2. The first-order chi connectivity index (χ1) is 30.5. The standard InChI is InChI=1S/C46H44F2N8O7/c1-55-38-19-29(9-10-39(38)63-46(55)60)31-17-36(47)35(37(48)18-31)20-33(22-50)54-44(58)40-24-51-12-11-42(62-40)56-13-2-14-61-41(25-56)45(59)53-32(21-49)15-26-3-5-27(6-4-26)28-7-8-30-23-52-43(57)34(30)16-28/h3-10,16-19,32-33,40-42,51H,2,11-15,20,23-25H2,1H3,(H,52,57)(H,53,59)(H,54,58). The van der Waals surface area contributed by atoms with Crippen molar-refractivity contribution in [3.63, 3.8) is 0 Å². The van der Waals surface area contributed by atoms with Crippen LogP contribution in [0, 0.1) is 34.3 Å². The lowest BCUT2D eigenvalue weighted by Gasteiger charge is -2.32. The van der Waals surface area contributed by atoms with Crippen LogP contribution < -0.4 is 27.0 Å². The molecule has 2 fully saturated rings. The Balaban J connectivity index is 0.865. The van der Waals surface area contributed by atoms with Crippen molar-refractivity contribution < 1.29 is 37.1 Å². The van der Waals surface area contributed by atoms with Crippen molar-refractivity contribution in [2.24, 2.45) is 7.05 Å². The van der Waals surface area contributed by atoms with Crippen LogP contribution in [-0.4, -0.2) is 90.5 Å². The van der Waals surface area contributed by atoms with Crippen molar-refractivity contribution in [1.82, 2.24) is 30.7 Å². The topological polar surface area (TPSA) is 204 Å². The van der Waals surface area contributed by atoms with Gasteiger partial charge in [0.1, 0.15) is 36.0 Å². The van der Waals surface area contributed by atoms with Crippen molar-refractivity contribution in [3.05, 3.63) is 117 Å². The minimum atomic E-state index is -1.30. The second kappa shape index (κ2) is 18.7. The van der Waals surface area contributed by atoms with Crippen LogP contribution in [0.1, 0.15) is 39.9 Å². The highest BCUT2D eigenvalue weighted by Gasteiger charge is 2.35. The third-order valence-corrected chi connectivity index (χ3v) is 11.7. The lowest BCUT2D eigenvalue weighted by molar-refractivity contribution is -0.149. The van der Waals surface area contributed by atoms with Gasteiger partial charge < -0.3 is 35.2 Å². The molecule has 63 heavy (non-hydrogen) atoms. The Morgan fingerprint density at radius 1 is 0.873 bits per heavy atom. The highest BCUT2D eigenvalue weighted by Crippen LogP contribution is 2.29. The van der Waals surface area contributed by atoms with E-state index in [4.69, 9.17) is 13.9 Å². The fraction of sp³-hybridized carbons (Fsp3) is 0.348. The molecule has 4 N–H and O–H groups in total. The molecule has 8 rings (SSSR count). The maximum atomic E-state index is 15.5. The van der Waals surface area contributed by atoms with E-state index in [0.29, 0.717) is 54.7 Å². The molecule has 5 unspecified atom stereocenters. The van der Waals surface area contributed by atoms with Gasteiger partial charge in [-0.15, -0.1) is 0 Å². The molecule has 2 saturated heterocycles. The molecule has 0 saturated carbocycles. The van der Waals surface area contributed by atoms with Crippen molar-refractivity contribution in [2.75, 3.05) is 32.8 Å². The van der Waals surface area contributed by atoms with E-state index in [-0.39, 0.29) is 43.2 Å². The molecule has 17 heteroatoms. The molecule has 4 aromatic carbocycles. The van der Waals surface area contributed by atoms with E-state index in [1.165, 1.54) is 17.7 Å². The quantitative estimate of drug-likeness (QED) is 0.151. The molecule has 0 aliphatic carbocycles. The van der Waals surface area contributed by atoms with Gasteiger partial charge in [-0.2, -0.15) is 10.5 Å². The number of amides is 3. The number of benzene rings is 4. The average molecular weight is 859 g/mol. The van der Waals surface area contributed by atoms with Gasteiger partial charge in [0.05, 0.1) is 17.7 Å². The second-order valence-electron chi connectivity index (χ2n) is 15.8. The number of rotatable bonds is 11. The third-order valence-electron chi connectivity index (χ3n) is 11.7. The zero-order valence-electron chi connectivity index (χ0n) is 34.3. The number of oxazole rings is 1. The van der Waals surface area contributed by atoms with Crippen LogP contribution in [0.3, 0.4) is 0 Å². The highest BCUT2D eigenvalue weighted by molar-refractivity contribution is 5.99. The summed E-state index contributed by atoms with van der Waals surface area (Å²) in [6, 6.07) is 22.3. The molecule has 15 nitrogen and oxygen atoms in total. The molecule has 5 atom stereocenters. The summed E-state index contributed by atoms with van der Waals surface area (Å²) in [6.07, 6.45) is -1.80. The van der Waals surface area contributed by atoms with Crippen LogP contribution >= 0.6 is 0 Å². The number of nitrogens with one attached hydrogen (secondary N) is 4. The van der Waals surface area contributed by atoms with Gasteiger partial charge in [0.2, 0.25) is 0 Å². The Labute approximate surface area is 360 Å². The Morgan fingerprint density at radius 3 is 2.30 bits per heavy atom. The smallest absolute Gasteiger partial charge is 0.408 e. The zero-order chi connectivity index (χ0) is 44.2. The number of carbonyl (C=O) groups is 3. The first kappa shape index (κ1) is 42.9. The predicted octanol–water partition coefficient (Wildman–Crippen LogP) is 3.58. The number of hydrogen-bond donors (Lipinski definition) is 4. The van der Waals surface area contributed by atoms with Crippen LogP contribution in [0.5, 0.6) is 0 Å². The minimum absolute atomic E-state index is 0.0952. The van der Waals surface area contributed by atoms with E-state index in [2.05, 4.69) is 27.3 Å². The van der Waals surface area contributed by atoms with Crippen molar-refractivity contribution in [3.8, 4) is 34.4 Å². The van der Waals surface area contributed by atoms with E-state index in [9.17, 15) is 29.7 Å². The summed E-state index contributed by atoms with van der Waals surface area (Å²) in [5.74, 6) is -3.59. The number of aryl methyl sites for hydroxylation is 1. The van der Waals surface area contributed by atoms with E-state index >= 15 is 8.78 Å². The van der Waals surface area contributed by atoms with E-state index in [1.54, 1.807) is 12.1 Å². The van der Waals surface area contributed by atoms with Crippen molar-refractivity contribution >= 4 is 28.8 Å². The second-order valence-corrected chi connectivity index (χ2v) is 15.8. The maximum absolute atomic E-state index is 15.5. The van der Waals surface area contributed by atoms with Gasteiger partial charge in [-0.25, -0.2) is 13.6 Å². The number of aromatic nitrogens is 1. The minimum Gasteiger partial charge on any atom is -0.408 e. The molecular weight excluding hydrogens is 815 g/mol. The van der Waals surface area contributed by atoms with Crippen LogP contribution in [0.15, 0.2) is 82.0 Å². The summed E-state index contributed by atoms with van der Waals surface area (Å²) in [4.78, 5) is 53.1. The molecule has 0 radical (unpaired) electrons. The largest absolute Gasteiger partial charge is 0.419 e. The molecule has 3 amide bonds. The lowest BCUT2D eigenvalue weighted by atomic mass is 9.98. The maximum Gasteiger partial charge on any atom is 0.419 e. The summed E-state index contributed by atoms with van der Waals surface area (Å²) in [5.41, 5.74) is 5.31. The Bertz CT molecular complexity index is 2680. The van der Waals surface area contributed by atoms with Gasteiger partial charge in [0.15, 0.2) is 11.7 Å². The Morgan fingerprint density at radius 2 is 1.56 bits per heavy atom. The molecule has 3 aliphatic rings. The number of carbonyl (C=O) groups excluding carboxylic acids is 3. The SMILES string of the molecule is Cn1c(=O)oc2ccc(-c3cc(F)c(CC(C#N)NC(=O)C4CNCCC(N5CCCOC(C(=O)NC(C#N)Cc6ccc(-c7ccc8c(c7)C(=O)NC8)cc6)C5)O4)c(F)c3)cc21. The van der Waals surface area contributed by atoms with Gasteiger partial charge in [-0.05, 0) is 83.1 Å². The lowest BCUT2D eigenvalue weighted by Crippen LogP contribution is -2.51. The Hall–Kier alpha value is -6.76. The van der Waals surface area contributed by atoms with Crippen LogP contribution in [-0.2, 0) is 45.5 Å². The Kier molecular flexibility index (Phi) is 12.7. The molecule has 324 valence electrons. The normalized spacial score (nSPS) is 20.0. The number of nitriles is 2.